The van der Waals surface area contributed by atoms with E-state index < -0.39 is 0 Å². The van der Waals surface area contributed by atoms with Crippen LogP contribution in [0.25, 0.3) is 0 Å². The molecule has 1 aliphatic carbocycles. The molecule has 138 valence electrons. The molecule has 1 heterocycles. The second kappa shape index (κ2) is 8.60. The Morgan fingerprint density at radius 3 is 2.69 bits per heavy atom. The summed E-state index contributed by atoms with van der Waals surface area (Å²) in [6.07, 6.45) is 7.48. The van der Waals surface area contributed by atoms with Crippen molar-refractivity contribution in [2.24, 2.45) is 5.16 Å². The lowest BCUT2D eigenvalue weighted by Gasteiger charge is -2.33. The predicted octanol–water partition coefficient (Wildman–Crippen LogP) is 5.58. The van der Waals surface area contributed by atoms with Gasteiger partial charge in [0.1, 0.15) is 5.75 Å². The Balaban J connectivity index is 1.82. The van der Waals surface area contributed by atoms with Gasteiger partial charge in [-0.3, -0.25) is 0 Å². The van der Waals surface area contributed by atoms with Crippen LogP contribution in [0, 0.1) is 0 Å². The van der Waals surface area contributed by atoms with Crippen molar-refractivity contribution < 1.29 is 9.94 Å². The monoisotopic (exact) mass is 393 g/mol. The molecular formula is C19H21Cl2N3O2. The van der Waals surface area contributed by atoms with Gasteiger partial charge in [0.2, 0.25) is 5.88 Å². The number of amidine groups is 1. The standard InChI is InChI=1S/C19H21Cl2N3O2/c1-24(15-5-3-2-4-6-15)19(23-25)13-9-10-22-18(11-13)26-17-12-14(20)7-8-16(17)21/h7-12,15,25H,2-6H2,1H3/b23-19-. The average molecular weight is 394 g/mol. The van der Waals surface area contributed by atoms with Crippen LogP contribution in [0.1, 0.15) is 37.7 Å². The van der Waals surface area contributed by atoms with Crippen LogP contribution in [0.2, 0.25) is 10.0 Å². The van der Waals surface area contributed by atoms with Gasteiger partial charge in [0.05, 0.1) is 5.02 Å². The molecular weight excluding hydrogens is 373 g/mol. The zero-order valence-electron chi connectivity index (χ0n) is 14.5. The fraction of sp³-hybridized carbons (Fsp3) is 0.368. The van der Waals surface area contributed by atoms with Gasteiger partial charge in [0.25, 0.3) is 0 Å². The maximum absolute atomic E-state index is 9.59. The SMILES string of the molecule is CN(/C(=N\O)c1ccnc(Oc2cc(Cl)ccc2Cl)c1)C1CCCCC1. The Bertz CT molecular complexity index is 792. The summed E-state index contributed by atoms with van der Waals surface area (Å²) in [5.41, 5.74) is 0.726. The fourth-order valence-corrected chi connectivity index (χ4v) is 3.56. The summed E-state index contributed by atoms with van der Waals surface area (Å²) in [6, 6.07) is 8.88. The molecule has 0 spiro atoms. The van der Waals surface area contributed by atoms with E-state index in [1.54, 1.807) is 36.5 Å². The molecule has 1 aromatic carbocycles. The first-order chi connectivity index (χ1) is 12.6. The first kappa shape index (κ1) is 18.8. The molecule has 0 unspecified atom stereocenters. The van der Waals surface area contributed by atoms with E-state index in [-0.39, 0.29) is 0 Å². The molecule has 0 aliphatic heterocycles. The van der Waals surface area contributed by atoms with Gasteiger partial charge in [-0.1, -0.05) is 47.6 Å². The molecule has 5 nitrogen and oxygen atoms in total. The van der Waals surface area contributed by atoms with Gasteiger partial charge < -0.3 is 14.8 Å². The minimum Gasteiger partial charge on any atom is -0.437 e. The molecule has 0 bridgehead atoms. The molecule has 0 atom stereocenters. The Labute approximate surface area is 163 Å². The van der Waals surface area contributed by atoms with E-state index in [0.29, 0.717) is 33.6 Å². The van der Waals surface area contributed by atoms with Gasteiger partial charge in [0, 0.05) is 42.0 Å². The van der Waals surface area contributed by atoms with Crippen molar-refractivity contribution in [1.29, 1.82) is 0 Å². The Morgan fingerprint density at radius 1 is 1.19 bits per heavy atom. The van der Waals surface area contributed by atoms with Crippen LogP contribution in [0.4, 0.5) is 0 Å². The van der Waals surface area contributed by atoms with E-state index in [4.69, 9.17) is 27.9 Å². The molecule has 1 fully saturated rings. The summed E-state index contributed by atoms with van der Waals surface area (Å²) in [6.45, 7) is 0. The second-order valence-corrected chi connectivity index (χ2v) is 7.23. The Morgan fingerprint density at radius 2 is 1.96 bits per heavy atom. The normalized spacial score (nSPS) is 15.7. The number of rotatable bonds is 4. The van der Waals surface area contributed by atoms with Gasteiger partial charge in [-0.05, 0) is 31.0 Å². The molecule has 1 N–H and O–H groups in total. The zero-order chi connectivity index (χ0) is 18.5. The number of hydrogen-bond donors (Lipinski definition) is 1. The van der Waals surface area contributed by atoms with Crippen LogP contribution in [-0.2, 0) is 0 Å². The maximum Gasteiger partial charge on any atom is 0.219 e. The summed E-state index contributed by atoms with van der Waals surface area (Å²) < 4.78 is 5.77. The lowest BCUT2D eigenvalue weighted by atomic mass is 9.94. The molecule has 26 heavy (non-hydrogen) atoms. The van der Waals surface area contributed by atoms with Crippen molar-refractivity contribution in [1.82, 2.24) is 9.88 Å². The minimum absolute atomic E-state index is 0.352. The number of halogens is 2. The van der Waals surface area contributed by atoms with Gasteiger partial charge >= 0.3 is 0 Å². The number of aromatic nitrogens is 1. The number of oxime groups is 1. The van der Waals surface area contributed by atoms with Crippen molar-refractivity contribution in [3.63, 3.8) is 0 Å². The average Bonchev–Trinajstić information content (AvgIpc) is 2.66. The van der Waals surface area contributed by atoms with Crippen LogP contribution in [-0.4, -0.2) is 34.0 Å². The highest BCUT2D eigenvalue weighted by Crippen LogP contribution is 2.31. The summed E-state index contributed by atoms with van der Waals surface area (Å²) in [4.78, 5) is 6.25. The van der Waals surface area contributed by atoms with Crippen molar-refractivity contribution >= 4 is 29.0 Å². The first-order valence-electron chi connectivity index (χ1n) is 8.62. The minimum atomic E-state index is 0.352. The largest absolute Gasteiger partial charge is 0.437 e. The molecule has 1 aromatic heterocycles. The highest BCUT2D eigenvalue weighted by atomic mass is 35.5. The number of benzene rings is 1. The molecule has 7 heteroatoms. The topological polar surface area (TPSA) is 58.0 Å². The van der Waals surface area contributed by atoms with Gasteiger partial charge in [-0.15, -0.1) is 0 Å². The smallest absolute Gasteiger partial charge is 0.219 e. The second-order valence-electron chi connectivity index (χ2n) is 6.39. The quantitative estimate of drug-likeness (QED) is 0.318. The highest BCUT2D eigenvalue weighted by Gasteiger charge is 2.22. The summed E-state index contributed by atoms with van der Waals surface area (Å²) >= 11 is 12.1. The van der Waals surface area contributed by atoms with Gasteiger partial charge in [-0.2, -0.15) is 0 Å². The lowest BCUT2D eigenvalue weighted by molar-refractivity contribution is 0.256. The van der Waals surface area contributed by atoms with Crippen LogP contribution >= 0.6 is 23.2 Å². The van der Waals surface area contributed by atoms with E-state index >= 15 is 0 Å². The van der Waals surface area contributed by atoms with Crippen molar-refractivity contribution in [2.75, 3.05) is 7.05 Å². The van der Waals surface area contributed by atoms with Crippen LogP contribution in [0.3, 0.4) is 0 Å². The first-order valence-corrected chi connectivity index (χ1v) is 9.38. The lowest BCUT2D eigenvalue weighted by Crippen LogP contribution is -2.38. The summed E-state index contributed by atoms with van der Waals surface area (Å²) in [5.74, 6) is 1.28. The summed E-state index contributed by atoms with van der Waals surface area (Å²) in [7, 11) is 1.96. The third-order valence-corrected chi connectivity index (χ3v) is 5.20. The number of hydrogen-bond acceptors (Lipinski definition) is 4. The third-order valence-electron chi connectivity index (χ3n) is 4.65. The molecule has 0 radical (unpaired) electrons. The maximum atomic E-state index is 9.59. The third kappa shape index (κ3) is 4.40. The summed E-state index contributed by atoms with van der Waals surface area (Å²) in [5, 5.41) is 14.1. The molecule has 2 aromatic rings. The van der Waals surface area contributed by atoms with E-state index in [0.717, 1.165) is 18.4 Å². The van der Waals surface area contributed by atoms with Crippen molar-refractivity contribution in [3.8, 4) is 11.6 Å². The van der Waals surface area contributed by atoms with Gasteiger partial charge in [-0.25, -0.2) is 4.98 Å². The zero-order valence-corrected chi connectivity index (χ0v) is 16.0. The number of ether oxygens (including phenoxy) is 1. The molecule has 0 amide bonds. The highest BCUT2D eigenvalue weighted by molar-refractivity contribution is 6.34. The molecule has 1 saturated carbocycles. The Kier molecular flexibility index (Phi) is 6.22. The Hall–Kier alpha value is -1.98. The van der Waals surface area contributed by atoms with E-state index in [1.165, 1.54) is 19.3 Å². The fourth-order valence-electron chi connectivity index (χ4n) is 3.25. The van der Waals surface area contributed by atoms with E-state index in [1.807, 2.05) is 11.9 Å². The van der Waals surface area contributed by atoms with Gasteiger partial charge in [0.15, 0.2) is 5.84 Å². The van der Waals surface area contributed by atoms with Crippen molar-refractivity contribution in [3.05, 3.63) is 52.1 Å². The van der Waals surface area contributed by atoms with Crippen LogP contribution < -0.4 is 4.74 Å². The molecule has 0 saturated heterocycles. The van der Waals surface area contributed by atoms with E-state index in [9.17, 15) is 5.21 Å². The number of pyridine rings is 1. The van der Waals surface area contributed by atoms with Crippen LogP contribution in [0.15, 0.2) is 41.7 Å². The molecule has 3 rings (SSSR count). The van der Waals surface area contributed by atoms with Crippen molar-refractivity contribution in [2.45, 2.75) is 38.1 Å². The molecule has 1 aliphatic rings. The van der Waals surface area contributed by atoms with Crippen LogP contribution in [0.5, 0.6) is 11.6 Å². The van der Waals surface area contributed by atoms with E-state index in [2.05, 4.69) is 10.1 Å². The predicted molar refractivity (Wildman–Crippen MR) is 104 cm³/mol. The number of nitrogens with zero attached hydrogens (tertiary/aromatic N) is 3.